The van der Waals surface area contributed by atoms with Gasteiger partial charge in [0.05, 0.1) is 12.1 Å². The molecule has 0 spiro atoms. The highest BCUT2D eigenvalue weighted by molar-refractivity contribution is 6.00. The molecule has 1 saturated carbocycles. The van der Waals surface area contributed by atoms with Gasteiger partial charge >= 0.3 is 0 Å². The van der Waals surface area contributed by atoms with Gasteiger partial charge in [0.25, 0.3) is 0 Å². The molecule has 1 N–H and O–H groups in total. The zero-order valence-electron chi connectivity index (χ0n) is 10.5. The average Bonchev–Trinajstić information content (AvgIpc) is 2.85. The molecule has 0 aromatic heterocycles. The van der Waals surface area contributed by atoms with E-state index in [1.54, 1.807) is 0 Å². The summed E-state index contributed by atoms with van der Waals surface area (Å²) in [5.41, 5.74) is 0.0693. The number of phenols is 1. The van der Waals surface area contributed by atoms with Crippen molar-refractivity contribution in [2.75, 3.05) is 13.6 Å². The van der Waals surface area contributed by atoms with E-state index in [1.165, 1.54) is 18.9 Å². The van der Waals surface area contributed by atoms with Crippen molar-refractivity contribution in [1.29, 1.82) is 0 Å². The van der Waals surface area contributed by atoms with Gasteiger partial charge in [-0.3, -0.25) is 9.69 Å². The molecule has 1 fully saturated rings. The molecule has 3 nitrogen and oxygen atoms in total. The second-order valence-corrected chi connectivity index (χ2v) is 4.94. The number of nitrogens with zero attached hydrogens (tertiary/aromatic N) is 1. The van der Waals surface area contributed by atoms with Crippen LogP contribution in [0, 0.1) is 5.82 Å². The fourth-order valence-corrected chi connectivity index (χ4v) is 2.52. The Morgan fingerprint density at radius 2 is 2.11 bits per heavy atom. The van der Waals surface area contributed by atoms with Crippen molar-refractivity contribution >= 4 is 5.78 Å². The SMILES string of the molecule is CN(CC(=O)c1cc(F)ccc1O)C1CCCC1. The summed E-state index contributed by atoms with van der Waals surface area (Å²) in [6.07, 6.45) is 4.63. The van der Waals surface area contributed by atoms with E-state index in [4.69, 9.17) is 0 Å². The van der Waals surface area contributed by atoms with E-state index in [1.807, 2.05) is 11.9 Å². The molecule has 0 radical (unpaired) electrons. The second-order valence-electron chi connectivity index (χ2n) is 4.94. The Morgan fingerprint density at radius 3 is 2.78 bits per heavy atom. The third-order valence-corrected chi connectivity index (χ3v) is 3.60. The highest BCUT2D eigenvalue weighted by Crippen LogP contribution is 2.24. The number of benzene rings is 1. The first-order chi connectivity index (χ1) is 8.58. The maximum Gasteiger partial charge on any atom is 0.180 e. The minimum Gasteiger partial charge on any atom is -0.507 e. The molecule has 1 aromatic rings. The molecule has 0 aliphatic heterocycles. The number of aromatic hydroxyl groups is 1. The lowest BCUT2D eigenvalue weighted by molar-refractivity contribution is 0.0918. The van der Waals surface area contributed by atoms with Crippen molar-refractivity contribution in [3.63, 3.8) is 0 Å². The molecule has 4 heteroatoms. The fourth-order valence-electron chi connectivity index (χ4n) is 2.52. The summed E-state index contributed by atoms with van der Waals surface area (Å²) in [7, 11) is 1.91. The molecule has 1 aromatic carbocycles. The number of likely N-dealkylation sites (N-methyl/N-ethyl adjacent to an activating group) is 1. The maximum absolute atomic E-state index is 13.1. The summed E-state index contributed by atoms with van der Waals surface area (Å²) in [5.74, 6) is -0.887. The lowest BCUT2D eigenvalue weighted by atomic mass is 10.1. The normalized spacial score (nSPS) is 16.4. The number of carbonyl (C=O) groups is 1. The number of carbonyl (C=O) groups excluding carboxylic acids is 1. The van der Waals surface area contributed by atoms with Crippen molar-refractivity contribution in [1.82, 2.24) is 4.90 Å². The quantitative estimate of drug-likeness (QED) is 0.836. The van der Waals surface area contributed by atoms with Crippen LogP contribution in [-0.4, -0.2) is 35.4 Å². The Morgan fingerprint density at radius 1 is 1.44 bits per heavy atom. The highest BCUT2D eigenvalue weighted by Gasteiger charge is 2.22. The zero-order valence-corrected chi connectivity index (χ0v) is 10.5. The number of rotatable bonds is 4. The molecule has 98 valence electrons. The van der Waals surface area contributed by atoms with E-state index in [9.17, 15) is 14.3 Å². The van der Waals surface area contributed by atoms with Gasteiger partial charge in [0.2, 0.25) is 0 Å². The summed E-state index contributed by atoms with van der Waals surface area (Å²) >= 11 is 0. The zero-order chi connectivity index (χ0) is 13.1. The monoisotopic (exact) mass is 251 g/mol. The Labute approximate surface area is 106 Å². The van der Waals surface area contributed by atoms with Crippen LogP contribution in [0.3, 0.4) is 0 Å². The summed E-state index contributed by atoms with van der Waals surface area (Å²) in [4.78, 5) is 14.0. The molecular formula is C14H18FNO2. The van der Waals surface area contributed by atoms with Crippen molar-refractivity contribution in [3.8, 4) is 5.75 Å². The number of Topliss-reactive ketones (excluding diaryl/α,β-unsaturated/α-hetero) is 1. The molecule has 0 bridgehead atoms. The van der Waals surface area contributed by atoms with Crippen LogP contribution in [0.2, 0.25) is 0 Å². The van der Waals surface area contributed by atoms with Crippen LogP contribution in [0.15, 0.2) is 18.2 Å². The Bertz CT molecular complexity index is 441. The molecule has 0 heterocycles. The lowest BCUT2D eigenvalue weighted by Crippen LogP contribution is -2.34. The molecular weight excluding hydrogens is 233 g/mol. The standard InChI is InChI=1S/C14H18FNO2/c1-16(11-4-2-3-5-11)9-14(18)12-8-10(15)6-7-13(12)17/h6-8,11,17H,2-5,9H2,1H3. The Balaban J connectivity index is 2.04. The van der Waals surface area contributed by atoms with Crippen LogP contribution in [0.4, 0.5) is 4.39 Å². The van der Waals surface area contributed by atoms with Crippen molar-refractivity contribution in [3.05, 3.63) is 29.6 Å². The Kier molecular flexibility index (Phi) is 3.97. The van der Waals surface area contributed by atoms with Gasteiger partial charge in [-0.25, -0.2) is 4.39 Å². The van der Waals surface area contributed by atoms with Gasteiger partial charge in [0.1, 0.15) is 11.6 Å². The first-order valence-corrected chi connectivity index (χ1v) is 6.30. The molecule has 0 amide bonds. The van der Waals surface area contributed by atoms with E-state index in [2.05, 4.69) is 0 Å². The topological polar surface area (TPSA) is 40.5 Å². The van der Waals surface area contributed by atoms with Gasteiger partial charge in [-0.05, 0) is 38.1 Å². The maximum atomic E-state index is 13.1. The van der Waals surface area contributed by atoms with E-state index in [0.717, 1.165) is 25.0 Å². The lowest BCUT2D eigenvalue weighted by Gasteiger charge is -2.23. The minimum absolute atomic E-state index is 0.0693. The van der Waals surface area contributed by atoms with E-state index < -0.39 is 5.82 Å². The Hall–Kier alpha value is -1.42. The van der Waals surface area contributed by atoms with Crippen LogP contribution < -0.4 is 0 Å². The number of hydrogen-bond acceptors (Lipinski definition) is 3. The van der Waals surface area contributed by atoms with Gasteiger partial charge < -0.3 is 5.11 Å². The highest BCUT2D eigenvalue weighted by atomic mass is 19.1. The van der Waals surface area contributed by atoms with E-state index in [0.29, 0.717) is 6.04 Å². The number of phenolic OH excluding ortho intramolecular Hbond substituents is 1. The smallest absolute Gasteiger partial charge is 0.180 e. The van der Waals surface area contributed by atoms with Gasteiger partial charge in [-0.1, -0.05) is 12.8 Å². The van der Waals surface area contributed by atoms with Crippen LogP contribution in [0.1, 0.15) is 36.0 Å². The molecule has 0 saturated heterocycles. The average molecular weight is 251 g/mol. The van der Waals surface area contributed by atoms with E-state index >= 15 is 0 Å². The summed E-state index contributed by atoms with van der Waals surface area (Å²) in [5, 5.41) is 9.58. The van der Waals surface area contributed by atoms with Crippen molar-refractivity contribution in [2.45, 2.75) is 31.7 Å². The van der Waals surface area contributed by atoms with Crippen molar-refractivity contribution in [2.24, 2.45) is 0 Å². The van der Waals surface area contributed by atoms with Crippen LogP contribution in [0.5, 0.6) is 5.75 Å². The van der Waals surface area contributed by atoms with Crippen LogP contribution in [-0.2, 0) is 0 Å². The van der Waals surface area contributed by atoms with Gasteiger partial charge in [-0.15, -0.1) is 0 Å². The summed E-state index contributed by atoms with van der Waals surface area (Å²) in [6, 6.07) is 3.90. The number of halogens is 1. The summed E-state index contributed by atoms with van der Waals surface area (Å²) in [6.45, 7) is 0.224. The fraction of sp³-hybridized carbons (Fsp3) is 0.500. The minimum atomic E-state index is -0.500. The molecule has 2 rings (SSSR count). The third-order valence-electron chi connectivity index (χ3n) is 3.60. The van der Waals surface area contributed by atoms with Crippen LogP contribution in [0.25, 0.3) is 0 Å². The predicted octanol–water partition coefficient (Wildman–Crippen LogP) is 2.59. The second kappa shape index (κ2) is 5.48. The number of hydrogen-bond donors (Lipinski definition) is 1. The van der Waals surface area contributed by atoms with E-state index in [-0.39, 0.29) is 23.6 Å². The van der Waals surface area contributed by atoms with Gasteiger partial charge in [0.15, 0.2) is 5.78 Å². The van der Waals surface area contributed by atoms with Gasteiger partial charge in [-0.2, -0.15) is 0 Å². The predicted molar refractivity (Wildman–Crippen MR) is 67.3 cm³/mol. The number of ketones is 1. The summed E-state index contributed by atoms with van der Waals surface area (Å²) < 4.78 is 13.1. The largest absolute Gasteiger partial charge is 0.507 e. The molecule has 18 heavy (non-hydrogen) atoms. The first-order valence-electron chi connectivity index (χ1n) is 6.30. The van der Waals surface area contributed by atoms with Crippen LogP contribution >= 0.6 is 0 Å². The molecule has 0 unspecified atom stereocenters. The first kappa shape index (κ1) is 13.0. The third kappa shape index (κ3) is 2.88. The molecule has 1 aliphatic rings. The van der Waals surface area contributed by atoms with Crippen molar-refractivity contribution < 1.29 is 14.3 Å². The molecule has 1 aliphatic carbocycles. The van der Waals surface area contributed by atoms with Gasteiger partial charge in [0, 0.05) is 6.04 Å². The molecule has 0 atom stereocenters.